The van der Waals surface area contributed by atoms with Crippen molar-refractivity contribution in [1.29, 1.82) is 0 Å². The van der Waals surface area contributed by atoms with Crippen LogP contribution >= 0.6 is 0 Å². The smallest absolute Gasteiger partial charge is 0.408 e. The highest BCUT2D eigenvalue weighted by Gasteiger charge is 2.27. The highest BCUT2D eigenvalue weighted by atomic mass is 19.1. The van der Waals surface area contributed by atoms with Gasteiger partial charge in [0.1, 0.15) is 17.5 Å². The third-order valence-corrected chi connectivity index (χ3v) is 6.23. The number of nitrogens with zero attached hydrogens (tertiary/aromatic N) is 1. The standard InChI is InChI=1S/C30H28FN5O4/c1-30(2,3)40-29(39)35-24(13-17-9-11-19(31)12-10-17)28(38)33-20-14-21-25-22(16-32-36-27(21)37)26(34-23(25)15-20)18-7-5-4-6-8-18/h4-12,14-16,24,34H,13H2,1-3H3,(H,33,38)(H,35,39)(H,36,37)/t24-/m1/s1. The van der Waals surface area contributed by atoms with Crippen LogP contribution in [-0.4, -0.2) is 40.7 Å². The highest BCUT2D eigenvalue weighted by molar-refractivity contribution is 6.18. The van der Waals surface area contributed by atoms with E-state index in [9.17, 15) is 18.8 Å². The van der Waals surface area contributed by atoms with Crippen molar-refractivity contribution in [2.45, 2.75) is 38.8 Å². The predicted octanol–water partition coefficient (Wildman–Crippen LogP) is 5.13. The number of rotatable bonds is 6. The summed E-state index contributed by atoms with van der Waals surface area (Å²) in [5.41, 5.74) is 6.09. The molecule has 2 heterocycles. The summed E-state index contributed by atoms with van der Waals surface area (Å²) in [5, 5.41) is 10.2. The first-order chi connectivity index (χ1) is 19.1. The zero-order valence-electron chi connectivity index (χ0n) is 22.2. The summed E-state index contributed by atoms with van der Waals surface area (Å²) in [5.74, 6) is -1.38. The van der Waals surface area contributed by atoms with Crippen LogP contribution in [0, 0.1) is 5.82 Å². The van der Waals surface area contributed by atoms with E-state index < -0.39 is 35.4 Å². The van der Waals surface area contributed by atoms with Crippen molar-refractivity contribution < 1.29 is 23.5 Å². The second-order valence-electron chi connectivity index (χ2n) is 10.4. The molecule has 0 unspecified atom stereocenters. The van der Waals surface area contributed by atoms with Crippen LogP contribution in [0.5, 0.6) is 0 Å². The second kappa shape index (κ2) is 10.6. The fraction of sp³-hybridized carbons (Fsp3) is 0.200. The average Bonchev–Trinajstić information content (AvgIpc) is 3.17. The van der Waals surface area contributed by atoms with E-state index in [2.05, 4.69) is 26.1 Å². The molecule has 1 aliphatic rings. The molecule has 204 valence electrons. The summed E-state index contributed by atoms with van der Waals surface area (Å²) < 4.78 is 18.8. The van der Waals surface area contributed by atoms with Crippen molar-refractivity contribution >= 4 is 40.7 Å². The molecule has 3 amide bonds. The molecule has 10 heteroatoms. The van der Waals surface area contributed by atoms with Gasteiger partial charge in [-0.25, -0.2) is 14.6 Å². The number of amides is 3. The van der Waals surface area contributed by atoms with Gasteiger partial charge < -0.3 is 20.4 Å². The van der Waals surface area contributed by atoms with Crippen molar-refractivity contribution in [3.8, 4) is 11.3 Å². The monoisotopic (exact) mass is 541 g/mol. The van der Waals surface area contributed by atoms with Crippen molar-refractivity contribution in [2.75, 3.05) is 5.32 Å². The Balaban J connectivity index is 1.48. The fourth-order valence-corrected chi connectivity index (χ4v) is 4.53. The van der Waals surface area contributed by atoms with E-state index in [1.54, 1.807) is 51.3 Å². The number of hydrazone groups is 1. The minimum atomic E-state index is -1.05. The van der Waals surface area contributed by atoms with Gasteiger partial charge in [0, 0.05) is 28.6 Å². The van der Waals surface area contributed by atoms with Gasteiger partial charge in [0.15, 0.2) is 0 Å². The number of hydrogen-bond acceptors (Lipinski definition) is 5. The van der Waals surface area contributed by atoms with Crippen LogP contribution in [0.4, 0.5) is 14.9 Å². The molecular weight excluding hydrogens is 513 g/mol. The molecule has 0 fully saturated rings. The molecule has 40 heavy (non-hydrogen) atoms. The Bertz CT molecular complexity index is 1620. The maximum absolute atomic E-state index is 13.5. The summed E-state index contributed by atoms with van der Waals surface area (Å²) >= 11 is 0. The van der Waals surface area contributed by atoms with Crippen LogP contribution < -0.4 is 16.1 Å². The summed E-state index contributed by atoms with van der Waals surface area (Å²) in [6.45, 7) is 5.15. The maximum atomic E-state index is 13.5. The molecule has 0 radical (unpaired) electrons. The molecule has 0 aliphatic carbocycles. The van der Waals surface area contributed by atoms with Gasteiger partial charge in [0.05, 0.1) is 17.5 Å². The van der Waals surface area contributed by atoms with Crippen LogP contribution in [0.15, 0.2) is 71.8 Å². The number of alkyl carbamates (subject to hydrolysis) is 1. The molecule has 0 bridgehead atoms. The van der Waals surface area contributed by atoms with Crippen molar-refractivity contribution in [1.82, 2.24) is 15.7 Å². The number of carbonyl (C=O) groups excluding carboxylic acids is 3. The summed E-state index contributed by atoms with van der Waals surface area (Å²) in [4.78, 5) is 42.3. The maximum Gasteiger partial charge on any atom is 0.408 e. The van der Waals surface area contributed by atoms with Gasteiger partial charge in [-0.2, -0.15) is 5.10 Å². The Labute approximate surface area is 229 Å². The Morgan fingerprint density at radius 3 is 2.48 bits per heavy atom. The predicted molar refractivity (Wildman–Crippen MR) is 151 cm³/mol. The number of aromatic nitrogens is 1. The molecule has 1 aliphatic heterocycles. The van der Waals surface area contributed by atoms with Gasteiger partial charge >= 0.3 is 6.09 Å². The second-order valence-corrected chi connectivity index (χ2v) is 10.4. The summed E-state index contributed by atoms with van der Waals surface area (Å²) in [7, 11) is 0. The Kier molecular flexibility index (Phi) is 7.08. The van der Waals surface area contributed by atoms with E-state index in [-0.39, 0.29) is 6.42 Å². The summed E-state index contributed by atoms with van der Waals surface area (Å²) in [6, 6.07) is 17.5. The molecule has 9 nitrogen and oxygen atoms in total. The first kappa shape index (κ1) is 26.6. The number of anilines is 1. The molecule has 1 aromatic heterocycles. The molecule has 3 aromatic carbocycles. The number of aromatic amines is 1. The van der Waals surface area contributed by atoms with Crippen LogP contribution in [-0.2, 0) is 16.0 Å². The molecule has 4 N–H and O–H groups in total. The first-order valence-corrected chi connectivity index (χ1v) is 12.7. The number of carbonyl (C=O) groups is 3. The number of ether oxygens (including phenoxy) is 1. The number of nitrogens with one attached hydrogen (secondary N) is 4. The summed E-state index contributed by atoms with van der Waals surface area (Å²) in [6.07, 6.45) is 0.909. The Morgan fingerprint density at radius 2 is 1.77 bits per heavy atom. The molecular formula is C30H28FN5O4. The fourth-order valence-electron chi connectivity index (χ4n) is 4.53. The number of benzene rings is 3. The van der Waals surface area contributed by atoms with Crippen molar-refractivity contribution in [3.63, 3.8) is 0 Å². The SMILES string of the molecule is CC(C)(C)OC(=O)N[C@H](Cc1ccc(F)cc1)C(=O)Nc1cc2c3c(c(-c4ccccc4)[nH]c3c1)C=NNC2=O. The van der Waals surface area contributed by atoms with Crippen LogP contribution in [0.3, 0.4) is 0 Å². The highest BCUT2D eigenvalue weighted by Crippen LogP contribution is 2.34. The number of halogens is 1. The molecule has 0 saturated heterocycles. The van der Waals surface area contributed by atoms with Crippen LogP contribution in [0.2, 0.25) is 0 Å². The quantitative estimate of drug-likeness (QED) is 0.270. The normalized spacial score (nSPS) is 13.3. The van der Waals surface area contributed by atoms with Crippen molar-refractivity contribution in [2.24, 2.45) is 5.10 Å². The molecule has 0 saturated carbocycles. The van der Waals surface area contributed by atoms with Gasteiger partial charge in [-0.3, -0.25) is 9.59 Å². The third-order valence-electron chi connectivity index (χ3n) is 6.23. The number of H-pyrrole nitrogens is 1. The van der Waals surface area contributed by atoms with Gasteiger partial charge in [0.2, 0.25) is 5.91 Å². The van der Waals surface area contributed by atoms with Crippen LogP contribution in [0.1, 0.15) is 42.3 Å². The van der Waals surface area contributed by atoms with E-state index in [0.29, 0.717) is 27.7 Å². The van der Waals surface area contributed by atoms with E-state index >= 15 is 0 Å². The van der Waals surface area contributed by atoms with E-state index in [4.69, 9.17) is 4.74 Å². The van der Waals surface area contributed by atoms with Gasteiger partial charge in [-0.1, -0.05) is 42.5 Å². The van der Waals surface area contributed by atoms with Crippen molar-refractivity contribution in [3.05, 3.63) is 89.2 Å². The molecule has 5 rings (SSSR count). The topological polar surface area (TPSA) is 125 Å². The zero-order chi connectivity index (χ0) is 28.4. The van der Waals surface area contributed by atoms with Gasteiger partial charge in [-0.15, -0.1) is 0 Å². The lowest BCUT2D eigenvalue weighted by Crippen LogP contribution is -2.47. The minimum Gasteiger partial charge on any atom is -0.444 e. The van der Waals surface area contributed by atoms with E-state index in [1.165, 1.54) is 12.1 Å². The lowest BCUT2D eigenvalue weighted by molar-refractivity contribution is -0.118. The Hall–Kier alpha value is -4.99. The third kappa shape index (κ3) is 5.85. The molecule has 0 spiro atoms. The van der Waals surface area contributed by atoms with Gasteiger partial charge in [0.25, 0.3) is 5.91 Å². The Morgan fingerprint density at radius 1 is 1.05 bits per heavy atom. The molecule has 1 atom stereocenters. The van der Waals surface area contributed by atoms with Crippen LogP contribution in [0.25, 0.3) is 22.2 Å². The lowest BCUT2D eigenvalue weighted by atomic mass is 10.0. The molecule has 4 aromatic rings. The lowest BCUT2D eigenvalue weighted by Gasteiger charge is -2.23. The zero-order valence-corrected chi connectivity index (χ0v) is 22.2. The first-order valence-electron chi connectivity index (χ1n) is 12.7. The van der Waals surface area contributed by atoms with E-state index in [0.717, 1.165) is 16.8 Å². The van der Waals surface area contributed by atoms with E-state index in [1.807, 2.05) is 30.3 Å². The largest absolute Gasteiger partial charge is 0.444 e. The average molecular weight is 542 g/mol. The number of hydrogen-bond donors (Lipinski definition) is 4. The minimum absolute atomic E-state index is 0.0829. The van der Waals surface area contributed by atoms with Gasteiger partial charge in [-0.05, 0) is 56.2 Å².